The molecule has 86 valence electrons. The molecule has 0 spiro atoms. The highest BCUT2D eigenvalue weighted by molar-refractivity contribution is 4.82. The van der Waals surface area contributed by atoms with Crippen LogP contribution in [0.1, 0.15) is 5.82 Å². The lowest BCUT2D eigenvalue weighted by molar-refractivity contribution is 0.0650. The molecule has 1 rings (SSSR count). The normalized spacial score (nSPS) is 10.8. The predicted molar refractivity (Wildman–Crippen MR) is 55.5 cm³/mol. The largest absolute Gasteiger partial charge is 0.382 e. The monoisotopic (exact) mass is 214 g/mol. The minimum absolute atomic E-state index is 0.618. The van der Waals surface area contributed by atoms with Crippen molar-refractivity contribution in [2.75, 3.05) is 34.0 Å². The molecule has 6 heteroatoms. The van der Waals surface area contributed by atoms with Gasteiger partial charge in [-0.05, 0) is 7.05 Å². The third-order valence-corrected chi connectivity index (χ3v) is 1.91. The molecule has 1 N–H and O–H groups in total. The van der Waals surface area contributed by atoms with Crippen molar-refractivity contribution in [1.29, 1.82) is 0 Å². The van der Waals surface area contributed by atoms with Crippen LogP contribution in [0.3, 0.4) is 0 Å². The maximum Gasteiger partial charge on any atom is 0.140 e. The Balaban J connectivity index is 2.21. The van der Waals surface area contributed by atoms with Gasteiger partial charge in [0.15, 0.2) is 0 Å². The Morgan fingerprint density at radius 1 is 1.40 bits per heavy atom. The third-order valence-electron chi connectivity index (χ3n) is 1.91. The van der Waals surface area contributed by atoms with E-state index in [1.807, 2.05) is 11.7 Å². The summed E-state index contributed by atoms with van der Waals surface area (Å²) in [6, 6.07) is 0. The third kappa shape index (κ3) is 4.37. The summed E-state index contributed by atoms with van der Waals surface area (Å²) in [6.07, 6.45) is 1.56. The van der Waals surface area contributed by atoms with Crippen LogP contribution < -0.4 is 5.32 Å². The molecule has 0 unspecified atom stereocenters. The number of aromatic nitrogens is 3. The molecule has 1 heterocycles. The average Bonchev–Trinajstić information content (AvgIpc) is 2.66. The maximum absolute atomic E-state index is 5.35. The molecule has 0 bridgehead atoms. The Hall–Kier alpha value is -0.980. The quantitative estimate of drug-likeness (QED) is 0.600. The molecule has 6 nitrogen and oxygen atoms in total. The van der Waals surface area contributed by atoms with Crippen molar-refractivity contribution >= 4 is 0 Å². The molecule has 0 saturated carbocycles. The molecule has 15 heavy (non-hydrogen) atoms. The molecule has 0 atom stereocenters. The summed E-state index contributed by atoms with van der Waals surface area (Å²) in [5.41, 5.74) is 0. The molecular weight excluding hydrogens is 196 g/mol. The molecule has 0 aromatic carbocycles. The number of methoxy groups -OCH3 is 1. The predicted octanol–water partition coefficient (Wildman–Crippen LogP) is -0.339. The molecule has 0 radical (unpaired) electrons. The van der Waals surface area contributed by atoms with Crippen molar-refractivity contribution < 1.29 is 9.47 Å². The van der Waals surface area contributed by atoms with Crippen molar-refractivity contribution in [3.8, 4) is 0 Å². The summed E-state index contributed by atoms with van der Waals surface area (Å²) in [5.74, 6) is 0.924. The van der Waals surface area contributed by atoms with Crippen molar-refractivity contribution in [3.05, 3.63) is 12.2 Å². The van der Waals surface area contributed by atoms with E-state index in [9.17, 15) is 0 Å². The van der Waals surface area contributed by atoms with Crippen molar-refractivity contribution in [1.82, 2.24) is 20.1 Å². The summed E-state index contributed by atoms with van der Waals surface area (Å²) >= 11 is 0. The van der Waals surface area contributed by atoms with Gasteiger partial charge >= 0.3 is 0 Å². The summed E-state index contributed by atoms with van der Waals surface area (Å²) in [6.45, 7) is 3.32. The second-order valence-corrected chi connectivity index (χ2v) is 3.03. The summed E-state index contributed by atoms with van der Waals surface area (Å²) in [7, 11) is 3.54. The summed E-state index contributed by atoms with van der Waals surface area (Å²) < 4.78 is 12.1. The van der Waals surface area contributed by atoms with Crippen molar-refractivity contribution in [2.24, 2.45) is 0 Å². The molecular formula is C9H18N4O2. The smallest absolute Gasteiger partial charge is 0.140 e. The zero-order valence-electron chi connectivity index (χ0n) is 9.27. The average molecular weight is 214 g/mol. The number of nitrogens with zero attached hydrogens (tertiary/aromatic N) is 3. The van der Waals surface area contributed by atoms with Gasteiger partial charge < -0.3 is 14.8 Å². The number of ether oxygens (including phenoxy) is 2. The molecule has 1 aromatic rings. The van der Waals surface area contributed by atoms with Crippen LogP contribution in [0.25, 0.3) is 0 Å². The topological polar surface area (TPSA) is 61.2 Å². The van der Waals surface area contributed by atoms with Gasteiger partial charge in [-0.15, -0.1) is 0 Å². The lowest BCUT2D eigenvalue weighted by atomic mass is 10.5. The van der Waals surface area contributed by atoms with E-state index in [0.717, 1.165) is 18.9 Å². The Labute approximate surface area is 89.6 Å². The van der Waals surface area contributed by atoms with Crippen molar-refractivity contribution in [2.45, 2.75) is 13.1 Å². The molecule has 0 aliphatic heterocycles. The highest BCUT2D eigenvalue weighted by Crippen LogP contribution is 1.93. The van der Waals surface area contributed by atoms with E-state index in [0.29, 0.717) is 19.8 Å². The lowest BCUT2D eigenvalue weighted by Crippen LogP contribution is -2.16. The van der Waals surface area contributed by atoms with Gasteiger partial charge in [0, 0.05) is 7.11 Å². The second-order valence-electron chi connectivity index (χ2n) is 3.03. The first-order valence-corrected chi connectivity index (χ1v) is 4.96. The van der Waals surface area contributed by atoms with Gasteiger partial charge in [-0.25, -0.2) is 9.67 Å². The Bertz CT molecular complexity index is 264. The van der Waals surface area contributed by atoms with Gasteiger partial charge in [0.1, 0.15) is 12.2 Å². The molecule has 0 amide bonds. The first-order chi connectivity index (χ1) is 7.38. The van der Waals surface area contributed by atoms with Crippen LogP contribution in [-0.2, 0) is 22.6 Å². The molecule has 0 saturated heterocycles. The van der Waals surface area contributed by atoms with Gasteiger partial charge in [0.25, 0.3) is 0 Å². The van der Waals surface area contributed by atoms with E-state index in [-0.39, 0.29) is 0 Å². The Kier molecular flexibility index (Phi) is 5.91. The van der Waals surface area contributed by atoms with Crippen molar-refractivity contribution in [3.63, 3.8) is 0 Å². The van der Waals surface area contributed by atoms with Crippen LogP contribution in [0.5, 0.6) is 0 Å². The zero-order valence-corrected chi connectivity index (χ0v) is 9.27. The van der Waals surface area contributed by atoms with E-state index in [1.54, 1.807) is 13.4 Å². The van der Waals surface area contributed by atoms with E-state index >= 15 is 0 Å². The first-order valence-electron chi connectivity index (χ1n) is 4.96. The highest BCUT2D eigenvalue weighted by Gasteiger charge is 2.01. The maximum atomic E-state index is 5.35. The standard InChI is InChI=1S/C9H18N4O2/c1-10-7-9-11-8-12-13(9)3-4-15-6-5-14-2/h8,10H,3-7H2,1-2H3. The van der Waals surface area contributed by atoms with Crippen LogP contribution >= 0.6 is 0 Å². The molecule has 0 aliphatic rings. The minimum Gasteiger partial charge on any atom is -0.382 e. The second kappa shape index (κ2) is 7.33. The first kappa shape index (κ1) is 12.1. The molecule has 1 aromatic heterocycles. The Morgan fingerprint density at radius 2 is 2.27 bits per heavy atom. The van der Waals surface area contributed by atoms with Gasteiger partial charge in [-0.1, -0.05) is 0 Å². The van der Waals surface area contributed by atoms with Crippen LogP contribution in [0.4, 0.5) is 0 Å². The van der Waals surface area contributed by atoms with Crippen LogP contribution in [-0.4, -0.2) is 48.7 Å². The number of nitrogens with one attached hydrogen (secondary N) is 1. The fourth-order valence-electron chi connectivity index (χ4n) is 1.17. The summed E-state index contributed by atoms with van der Waals surface area (Å²) in [5, 5.41) is 7.14. The summed E-state index contributed by atoms with van der Waals surface area (Å²) in [4.78, 5) is 4.13. The van der Waals surface area contributed by atoms with Gasteiger partial charge in [-0.2, -0.15) is 5.10 Å². The van der Waals surface area contributed by atoms with Gasteiger partial charge in [0.05, 0.1) is 32.9 Å². The van der Waals surface area contributed by atoms with E-state index in [4.69, 9.17) is 9.47 Å². The zero-order chi connectivity index (χ0) is 10.9. The van der Waals surface area contributed by atoms with E-state index < -0.39 is 0 Å². The molecule has 0 aliphatic carbocycles. The number of rotatable bonds is 8. The van der Waals surface area contributed by atoms with Crippen LogP contribution in [0, 0.1) is 0 Å². The lowest BCUT2D eigenvalue weighted by Gasteiger charge is -2.06. The van der Waals surface area contributed by atoms with Crippen LogP contribution in [0.15, 0.2) is 6.33 Å². The highest BCUT2D eigenvalue weighted by atomic mass is 16.5. The van der Waals surface area contributed by atoms with E-state index in [1.165, 1.54) is 0 Å². The molecule has 0 fully saturated rings. The fraction of sp³-hybridized carbons (Fsp3) is 0.778. The van der Waals surface area contributed by atoms with Crippen LogP contribution in [0.2, 0.25) is 0 Å². The minimum atomic E-state index is 0.618. The fourth-order valence-corrected chi connectivity index (χ4v) is 1.17. The number of hydrogen-bond donors (Lipinski definition) is 1. The number of hydrogen-bond acceptors (Lipinski definition) is 5. The van der Waals surface area contributed by atoms with E-state index in [2.05, 4.69) is 15.4 Å². The Morgan fingerprint density at radius 3 is 3.00 bits per heavy atom. The SMILES string of the molecule is CNCc1ncnn1CCOCCOC. The van der Waals surface area contributed by atoms with Gasteiger partial charge in [0.2, 0.25) is 0 Å². The van der Waals surface area contributed by atoms with Gasteiger partial charge in [-0.3, -0.25) is 0 Å².